The van der Waals surface area contributed by atoms with Crippen LogP contribution in [0.3, 0.4) is 0 Å². The molecule has 0 aromatic carbocycles. The lowest BCUT2D eigenvalue weighted by Gasteiger charge is -2.46. The molecule has 0 spiro atoms. The molecule has 3 saturated heterocycles. The predicted molar refractivity (Wildman–Crippen MR) is 105 cm³/mol. The first kappa shape index (κ1) is 21.4. The van der Waals surface area contributed by atoms with E-state index in [9.17, 15) is 9.59 Å². The molecule has 3 aliphatic heterocycles. The number of fused-ring (bicyclic) bond motifs is 3. The number of hydrogen-bond acceptors (Lipinski definition) is 5. The van der Waals surface area contributed by atoms with Crippen molar-refractivity contribution in [1.82, 2.24) is 9.80 Å². The number of amides is 2. The van der Waals surface area contributed by atoms with Crippen molar-refractivity contribution < 1.29 is 23.8 Å². The van der Waals surface area contributed by atoms with Crippen molar-refractivity contribution in [2.24, 2.45) is 5.41 Å². The molecule has 2 amide bonds. The van der Waals surface area contributed by atoms with Crippen LogP contribution in [0.5, 0.6) is 0 Å². The Balaban J connectivity index is 1.37. The monoisotopic (exact) mass is 396 g/mol. The molecule has 0 radical (unpaired) electrons. The summed E-state index contributed by atoms with van der Waals surface area (Å²) in [5.74, 6) is 0.0949. The number of carbonyl (C=O) groups is 2. The van der Waals surface area contributed by atoms with Gasteiger partial charge in [-0.3, -0.25) is 4.79 Å². The van der Waals surface area contributed by atoms with Crippen LogP contribution in [0.1, 0.15) is 59.8 Å². The molecule has 0 aromatic heterocycles. The average Bonchev–Trinajstić information content (AvgIpc) is 2.67. The van der Waals surface area contributed by atoms with E-state index in [0.29, 0.717) is 45.3 Å². The highest BCUT2D eigenvalue weighted by Gasteiger charge is 2.42. The van der Waals surface area contributed by atoms with Gasteiger partial charge in [0.1, 0.15) is 5.60 Å². The molecule has 1 atom stereocenters. The number of nitrogens with zero attached hydrogens (tertiary/aromatic N) is 2. The third-order valence-corrected chi connectivity index (χ3v) is 6.04. The molecular weight excluding hydrogens is 360 g/mol. The zero-order valence-electron chi connectivity index (χ0n) is 17.9. The predicted octanol–water partition coefficient (Wildman–Crippen LogP) is 2.82. The van der Waals surface area contributed by atoms with E-state index >= 15 is 0 Å². The summed E-state index contributed by atoms with van der Waals surface area (Å²) < 4.78 is 17.3. The summed E-state index contributed by atoms with van der Waals surface area (Å²) >= 11 is 0. The molecule has 28 heavy (non-hydrogen) atoms. The lowest BCUT2D eigenvalue weighted by Crippen LogP contribution is -2.52. The van der Waals surface area contributed by atoms with Gasteiger partial charge in [0, 0.05) is 31.6 Å². The highest BCUT2D eigenvalue weighted by molar-refractivity contribution is 5.77. The van der Waals surface area contributed by atoms with Crippen LogP contribution in [0.4, 0.5) is 4.79 Å². The highest BCUT2D eigenvalue weighted by atomic mass is 16.6. The summed E-state index contributed by atoms with van der Waals surface area (Å²) in [6.45, 7) is 11.1. The van der Waals surface area contributed by atoms with E-state index in [-0.39, 0.29) is 23.5 Å². The molecule has 1 unspecified atom stereocenters. The topological polar surface area (TPSA) is 68.3 Å². The summed E-state index contributed by atoms with van der Waals surface area (Å²) in [5.41, 5.74) is -0.343. The second-order valence-electron chi connectivity index (χ2n) is 9.68. The Hall–Kier alpha value is -1.34. The number of carbonyl (C=O) groups excluding carboxylic acids is 2. The van der Waals surface area contributed by atoms with Crippen LogP contribution in [0.15, 0.2) is 0 Å². The Labute approximate surface area is 168 Å². The van der Waals surface area contributed by atoms with E-state index in [1.807, 2.05) is 32.6 Å². The largest absolute Gasteiger partial charge is 0.444 e. The second-order valence-corrected chi connectivity index (χ2v) is 9.68. The minimum absolute atomic E-state index is 0.0949. The van der Waals surface area contributed by atoms with Crippen LogP contribution in [-0.4, -0.2) is 79.0 Å². The first-order valence-electron chi connectivity index (χ1n) is 10.6. The fourth-order valence-corrected chi connectivity index (χ4v) is 4.21. The van der Waals surface area contributed by atoms with E-state index in [1.165, 1.54) is 12.8 Å². The SMILES string of the molecule is CC(CC(=O)N1CCN(C(=O)OC(C)(C)C)CC1)OCC12CCC(CC1)OC2. The summed E-state index contributed by atoms with van der Waals surface area (Å²) in [5, 5.41) is 0. The lowest BCUT2D eigenvalue weighted by molar-refractivity contribution is -0.153. The number of rotatable bonds is 5. The first-order valence-corrected chi connectivity index (χ1v) is 10.6. The van der Waals surface area contributed by atoms with E-state index in [1.54, 1.807) is 4.90 Å². The Morgan fingerprint density at radius 1 is 1.11 bits per heavy atom. The van der Waals surface area contributed by atoms with Crippen molar-refractivity contribution >= 4 is 12.0 Å². The summed E-state index contributed by atoms with van der Waals surface area (Å²) in [7, 11) is 0. The molecular formula is C21H36N2O5. The van der Waals surface area contributed by atoms with Gasteiger partial charge in [0.05, 0.1) is 31.8 Å². The molecule has 4 rings (SSSR count). The molecule has 7 heteroatoms. The molecule has 0 aromatic rings. The molecule has 0 N–H and O–H groups in total. The van der Waals surface area contributed by atoms with E-state index in [4.69, 9.17) is 14.2 Å². The van der Waals surface area contributed by atoms with E-state index in [2.05, 4.69) is 0 Å². The van der Waals surface area contributed by atoms with Gasteiger partial charge < -0.3 is 24.0 Å². The van der Waals surface area contributed by atoms with Gasteiger partial charge in [0.25, 0.3) is 0 Å². The Bertz CT molecular complexity index is 544. The Morgan fingerprint density at radius 3 is 2.25 bits per heavy atom. The maximum Gasteiger partial charge on any atom is 0.410 e. The molecule has 2 bridgehead atoms. The van der Waals surface area contributed by atoms with Crippen LogP contribution in [0.2, 0.25) is 0 Å². The van der Waals surface area contributed by atoms with Crippen LogP contribution < -0.4 is 0 Å². The van der Waals surface area contributed by atoms with Gasteiger partial charge in [-0.2, -0.15) is 0 Å². The van der Waals surface area contributed by atoms with Crippen molar-refractivity contribution in [3.05, 3.63) is 0 Å². The molecule has 1 saturated carbocycles. The van der Waals surface area contributed by atoms with Crippen molar-refractivity contribution in [1.29, 1.82) is 0 Å². The smallest absolute Gasteiger partial charge is 0.410 e. The normalized spacial score (nSPS) is 28.9. The number of ether oxygens (including phenoxy) is 3. The highest BCUT2D eigenvalue weighted by Crippen LogP contribution is 2.43. The molecule has 3 heterocycles. The summed E-state index contributed by atoms with van der Waals surface area (Å²) in [6.07, 6.45) is 5.05. The summed E-state index contributed by atoms with van der Waals surface area (Å²) in [6, 6.07) is 0. The maximum absolute atomic E-state index is 12.6. The molecule has 160 valence electrons. The van der Waals surface area contributed by atoms with Gasteiger partial charge in [0.2, 0.25) is 5.91 Å². The third kappa shape index (κ3) is 5.60. The maximum atomic E-state index is 12.6. The zero-order chi connectivity index (χ0) is 20.4. The molecule has 7 nitrogen and oxygen atoms in total. The van der Waals surface area contributed by atoms with Crippen molar-refractivity contribution in [2.45, 2.75) is 77.6 Å². The minimum Gasteiger partial charge on any atom is -0.444 e. The van der Waals surface area contributed by atoms with Crippen LogP contribution in [0.25, 0.3) is 0 Å². The summed E-state index contributed by atoms with van der Waals surface area (Å²) in [4.78, 5) is 28.2. The van der Waals surface area contributed by atoms with Crippen molar-refractivity contribution in [2.75, 3.05) is 39.4 Å². The average molecular weight is 397 g/mol. The number of piperazine rings is 1. The van der Waals surface area contributed by atoms with Crippen LogP contribution >= 0.6 is 0 Å². The first-order chi connectivity index (χ1) is 13.2. The quantitative estimate of drug-likeness (QED) is 0.715. The van der Waals surface area contributed by atoms with Gasteiger partial charge in [0.15, 0.2) is 0 Å². The zero-order valence-corrected chi connectivity index (χ0v) is 17.9. The van der Waals surface area contributed by atoms with E-state index < -0.39 is 5.60 Å². The standard InChI is InChI=1S/C21H36N2O5/c1-16(26-14-21-7-5-17(6-8-21)27-15-21)13-18(24)22-9-11-23(12-10-22)19(25)28-20(2,3)4/h16-17H,5-15H2,1-4H3. The van der Waals surface area contributed by atoms with Crippen LogP contribution in [0, 0.1) is 5.41 Å². The molecule has 4 fully saturated rings. The Morgan fingerprint density at radius 2 is 1.71 bits per heavy atom. The van der Waals surface area contributed by atoms with Crippen LogP contribution in [-0.2, 0) is 19.0 Å². The van der Waals surface area contributed by atoms with Gasteiger partial charge in [-0.25, -0.2) is 4.79 Å². The lowest BCUT2D eigenvalue weighted by atomic mass is 9.72. The van der Waals surface area contributed by atoms with Gasteiger partial charge in [-0.15, -0.1) is 0 Å². The third-order valence-electron chi connectivity index (χ3n) is 6.04. The number of hydrogen-bond donors (Lipinski definition) is 0. The fraction of sp³-hybridized carbons (Fsp3) is 0.905. The minimum atomic E-state index is -0.501. The van der Waals surface area contributed by atoms with Crippen molar-refractivity contribution in [3.8, 4) is 0 Å². The second kappa shape index (κ2) is 8.57. The molecule has 4 aliphatic rings. The fourth-order valence-electron chi connectivity index (χ4n) is 4.21. The van der Waals surface area contributed by atoms with Gasteiger partial charge >= 0.3 is 6.09 Å². The Kier molecular flexibility index (Phi) is 6.54. The van der Waals surface area contributed by atoms with Gasteiger partial charge in [-0.1, -0.05) is 0 Å². The van der Waals surface area contributed by atoms with E-state index in [0.717, 1.165) is 19.4 Å². The molecule has 1 aliphatic carbocycles. The van der Waals surface area contributed by atoms with Gasteiger partial charge in [-0.05, 0) is 53.4 Å². The van der Waals surface area contributed by atoms with Crippen molar-refractivity contribution in [3.63, 3.8) is 0 Å².